The highest BCUT2D eigenvalue weighted by molar-refractivity contribution is 5.70. The van der Waals surface area contributed by atoms with E-state index in [4.69, 9.17) is 9.72 Å². The van der Waals surface area contributed by atoms with Crippen molar-refractivity contribution >= 4 is 5.97 Å². The molecule has 0 radical (unpaired) electrons. The highest BCUT2D eigenvalue weighted by Crippen LogP contribution is 2.32. The van der Waals surface area contributed by atoms with Gasteiger partial charge in [0.25, 0.3) is 0 Å². The largest absolute Gasteiger partial charge is 0.489 e. The monoisotopic (exact) mass is 528 g/mol. The van der Waals surface area contributed by atoms with Crippen LogP contribution in [-0.2, 0) is 30.8 Å². The Balaban J connectivity index is 1.71. The van der Waals surface area contributed by atoms with Crippen molar-refractivity contribution in [2.24, 2.45) is 5.92 Å². The molecule has 0 amide bonds. The van der Waals surface area contributed by atoms with Crippen LogP contribution in [0.2, 0.25) is 0 Å². The zero-order valence-corrected chi connectivity index (χ0v) is 24.5. The van der Waals surface area contributed by atoms with Crippen molar-refractivity contribution < 1.29 is 14.6 Å². The summed E-state index contributed by atoms with van der Waals surface area (Å²) in [6.45, 7) is 15.8. The van der Waals surface area contributed by atoms with Crippen molar-refractivity contribution in [2.45, 2.75) is 86.3 Å². The molecule has 0 atom stereocenters. The minimum Gasteiger partial charge on any atom is -0.489 e. The van der Waals surface area contributed by atoms with E-state index in [1.54, 1.807) is 0 Å². The molecule has 3 aromatic rings. The van der Waals surface area contributed by atoms with Crippen LogP contribution in [0.4, 0.5) is 0 Å². The van der Waals surface area contributed by atoms with E-state index < -0.39 is 5.97 Å². The maximum absolute atomic E-state index is 11.5. The van der Waals surface area contributed by atoms with Crippen molar-refractivity contribution in [2.75, 3.05) is 13.1 Å². The number of carbonyl (C=O) groups is 1. The normalized spacial score (nSPS) is 14.6. The van der Waals surface area contributed by atoms with Crippen LogP contribution < -0.4 is 4.74 Å². The average molecular weight is 529 g/mol. The third-order valence-corrected chi connectivity index (χ3v) is 8.26. The van der Waals surface area contributed by atoms with Gasteiger partial charge in [0, 0.05) is 23.4 Å². The number of hydrogen-bond acceptors (Lipinski definition) is 4. The maximum Gasteiger partial charge on any atom is 0.306 e. The molecule has 1 aliphatic heterocycles. The second kappa shape index (κ2) is 12.8. The molecule has 5 heteroatoms. The van der Waals surface area contributed by atoms with Crippen LogP contribution in [0, 0.1) is 19.8 Å². The van der Waals surface area contributed by atoms with Gasteiger partial charge in [-0.05, 0) is 98.5 Å². The number of benzene rings is 2. The first-order chi connectivity index (χ1) is 18.7. The van der Waals surface area contributed by atoms with Crippen LogP contribution in [0.1, 0.15) is 85.5 Å². The Morgan fingerprint density at radius 2 is 1.69 bits per heavy atom. The lowest BCUT2D eigenvalue weighted by Gasteiger charge is -2.31. The summed E-state index contributed by atoms with van der Waals surface area (Å²) >= 11 is 0. The molecule has 1 saturated heterocycles. The number of aryl methyl sites for hydroxylation is 4. The summed E-state index contributed by atoms with van der Waals surface area (Å²) in [5, 5.41) is 9.47. The Labute approximate surface area is 234 Å². The lowest BCUT2D eigenvalue weighted by atomic mass is 9.92. The molecule has 1 N–H and O–H groups in total. The van der Waals surface area contributed by atoms with E-state index in [0.29, 0.717) is 25.4 Å². The van der Waals surface area contributed by atoms with Crippen molar-refractivity contribution in [1.82, 2.24) is 9.88 Å². The van der Waals surface area contributed by atoms with Gasteiger partial charge < -0.3 is 9.84 Å². The number of ether oxygens (including phenoxy) is 1. The molecular formula is C34H44N2O3. The predicted molar refractivity (Wildman–Crippen MR) is 158 cm³/mol. The smallest absolute Gasteiger partial charge is 0.306 e. The van der Waals surface area contributed by atoms with Gasteiger partial charge in [0.1, 0.15) is 12.4 Å². The lowest BCUT2D eigenvalue weighted by molar-refractivity contribution is -0.143. The van der Waals surface area contributed by atoms with Crippen molar-refractivity contribution in [3.8, 4) is 17.0 Å². The first kappa shape index (κ1) is 28.8. The Morgan fingerprint density at radius 3 is 2.28 bits per heavy atom. The molecule has 2 aromatic carbocycles. The number of nitrogens with zero attached hydrogens (tertiary/aromatic N) is 2. The first-order valence-electron chi connectivity index (χ1n) is 14.5. The van der Waals surface area contributed by atoms with Gasteiger partial charge in [-0.3, -0.25) is 14.7 Å². The van der Waals surface area contributed by atoms with Crippen LogP contribution in [0.25, 0.3) is 11.3 Å². The summed E-state index contributed by atoms with van der Waals surface area (Å²) in [5.74, 6) is 0.445. The Bertz CT molecular complexity index is 1280. The molecule has 1 aliphatic rings. The summed E-state index contributed by atoms with van der Waals surface area (Å²) in [6.07, 6.45) is 3.30. The number of likely N-dealkylation sites (tertiary alicyclic amines) is 1. The molecule has 5 nitrogen and oxygen atoms in total. The molecule has 208 valence electrons. The van der Waals surface area contributed by atoms with Crippen LogP contribution >= 0.6 is 0 Å². The number of aromatic nitrogens is 1. The van der Waals surface area contributed by atoms with E-state index in [9.17, 15) is 9.90 Å². The van der Waals surface area contributed by atoms with Gasteiger partial charge in [-0.2, -0.15) is 0 Å². The number of carboxylic acid groups (broad SMARTS) is 1. The zero-order valence-electron chi connectivity index (χ0n) is 24.5. The molecule has 39 heavy (non-hydrogen) atoms. The minimum atomic E-state index is -0.673. The molecule has 0 spiro atoms. The van der Waals surface area contributed by atoms with E-state index in [2.05, 4.69) is 88.9 Å². The highest BCUT2D eigenvalue weighted by atomic mass is 16.5. The second-order valence-corrected chi connectivity index (χ2v) is 11.2. The quantitative estimate of drug-likeness (QED) is 0.295. The van der Waals surface area contributed by atoms with E-state index in [1.807, 2.05) is 0 Å². The maximum atomic E-state index is 11.5. The Kier molecular flexibility index (Phi) is 9.45. The third-order valence-electron chi connectivity index (χ3n) is 8.26. The van der Waals surface area contributed by atoms with Crippen LogP contribution in [0.15, 0.2) is 42.5 Å². The standard InChI is InChI=1S/C34H44N2O3/c1-7-25-10-9-11-26(8-2)33(25)31-18-29(20-36-16-14-27(15-17-36)34(37)38)30(24(6)35-31)21-39-32-19-28(22(3)4)13-12-23(32)5/h9-13,18-19,22,27H,7-8,14-17,20-21H2,1-6H3,(H,37,38). The van der Waals surface area contributed by atoms with Crippen LogP contribution in [-0.4, -0.2) is 34.0 Å². The average Bonchev–Trinajstić information content (AvgIpc) is 2.92. The molecular weight excluding hydrogens is 484 g/mol. The topological polar surface area (TPSA) is 62.7 Å². The van der Waals surface area contributed by atoms with Crippen LogP contribution in [0.5, 0.6) is 5.75 Å². The van der Waals surface area contributed by atoms with Gasteiger partial charge in [0.2, 0.25) is 0 Å². The highest BCUT2D eigenvalue weighted by Gasteiger charge is 2.26. The van der Waals surface area contributed by atoms with E-state index in [1.165, 1.54) is 27.8 Å². The summed E-state index contributed by atoms with van der Waals surface area (Å²) in [7, 11) is 0. The second-order valence-electron chi connectivity index (χ2n) is 11.2. The number of rotatable bonds is 10. The van der Waals surface area contributed by atoms with Crippen LogP contribution in [0.3, 0.4) is 0 Å². The van der Waals surface area contributed by atoms with Gasteiger partial charge in [-0.1, -0.05) is 58.0 Å². The Hall–Kier alpha value is -3.18. The predicted octanol–water partition coefficient (Wildman–Crippen LogP) is 7.49. The van der Waals surface area contributed by atoms with Crippen molar-refractivity contribution in [1.29, 1.82) is 0 Å². The van der Waals surface area contributed by atoms with Crippen molar-refractivity contribution in [3.63, 3.8) is 0 Å². The van der Waals surface area contributed by atoms with Gasteiger partial charge in [-0.15, -0.1) is 0 Å². The van der Waals surface area contributed by atoms with Gasteiger partial charge in [0.05, 0.1) is 11.6 Å². The van der Waals surface area contributed by atoms with Gasteiger partial charge in [0.15, 0.2) is 0 Å². The van der Waals surface area contributed by atoms with E-state index in [-0.39, 0.29) is 5.92 Å². The summed E-state index contributed by atoms with van der Waals surface area (Å²) in [4.78, 5) is 19.1. The molecule has 1 fully saturated rings. The fraction of sp³-hybridized carbons (Fsp3) is 0.471. The molecule has 2 heterocycles. The first-order valence-corrected chi connectivity index (χ1v) is 14.5. The number of aliphatic carboxylic acids is 1. The summed E-state index contributed by atoms with van der Waals surface area (Å²) in [5.41, 5.74) is 10.7. The number of piperidine rings is 1. The van der Waals surface area contributed by atoms with E-state index >= 15 is 0 Å². The molecule has 0 aliphatic carbocycles. The number of carboxylic acids is 1. The number of pyridine rings is 1. The van der Waals surface area contributed by atoms with Gasteiger partial charge >= 0.3 is 5.97 Å². The molecule has 0 unspecified atom stereocenters. The third kappa shape index (κ3) is 6.70. The fourth-order valence-electron chi connectivity index (χ4n) is 5.66. The fourth-order valence-corrected chi connectivity index (χ4v) is 5.66. The molecule has 4 rings (SSSR count). The summed E-state index contributed by atoms with van der Waals surface area (Å²) in [6, 6.07) is 15.3. The Morgan fingerprint density at radius 1 is 1.03 bits per heavy atom. The molecule has 1 aromatic heterocycles. The van der Waals surface area contributed by atoms with Crippen molar-refractivity contribution in [3.05, 3.63) is 81.5 Å². The number of hydrogen-bond donors (Lipinski definition) is 1. The lowest BCUT2D eigenvalue weighted by Crippen LogP contribution is -2.36. The SMILES string of the molecule is CCc1cccc(CC)c1-c1cc(CN2CCC(C(=O)O)CC2)c(COc2cc(C(C)C)ccc2C)c(C)n1. The molecule has 0 bridgehead atoms. The molecule has 0 saturated carbocycles. The zero-order chi connectivity index (χ0) is 28.1. The van der Waals surface area contributed by atoms with Gasteiger partial charge in [-0.25, -0.2) is 0 Å². The minimum absolute atomic E-state index is 0.237. The summed E-state index contributed by atoms with van der Waals surface area (Å²) < 4.78 is 6.47. The van der Waals surface area contributed by atoms with E-state index in [0.717, 1.165) is 60.7 Å².